The van der Waals surface area contributed by atoms with E-state index in [9.17, 15) is 8.42 Å². The Kier molecular flexibility index (Phi) is 4.83. The van der Waals surface area contributed by atoms with Crippen molar-refractivity contribution in [3.8, 4) is 0 Å². The van der Waals surface area contributed by atoms with Crippen molar-refractivity contribution < 1.29 is 8.42 Å². The monoisotopic (exact) mass is 294 g/mol. The lowest BCUT2D eigenvalue weighted by atomic mass is 10.1. The number of benzene rings is 1. The van der Waals surface area contributed by atoms with Crippen LogP contribution in [-0.2, 0) is 16.3 Å². The minimum Gasteiger partial charge on any atom is -0.361 e. The zero-order valence-corrected chi connectivity index (χ0v) is 12.8. The number of hydrogen-bond donors (Lipinski definition) is 2. The first kappa shape index (κ1) is 15.1. The molecular weight excluding hydrogens is 272 g/mol. The molecule has 20 heavy (non-hydrogen) atoms. The van der Waals surface area contributed by atoms with Crippen molar-refractivity contribution in [2.75, 3.05) is 18.1 Å². The van der Waals surface area contributed by atoms with Gasteiger partial charge in [0.25, 0.3) is 0 Å². The standard InChI is InChI=1S/C15H22N2O2S/c1-3-20(18,19)11-12(2)16-9-8-13-10-17-15-7-5-4-6-14(13)15/h4-7,10,12,16-17H,3,8-9,11H2,1-2H3. The highest BCUT2D eigenvalue weighted by atomic mass is 32.2. The third-order valence-corrected chi connectivity index (χ3v) is 5.39. The van der Waals surface area contributed by atoms with Crippen LogP contribution in [0.15, 0.2) is 30.5 Å². The van der Waals surface area contributed by atoms with Gasteiger partial charge < -0.3 is 10.3 Å². The van der Waals surface area contributed by atoms with E-state index < -0.39 is 9.84 Å². The smallest absolute Gasteiger partial charge is 0.151 e. The molecule has 4 nitrogen and oxygen atoms in total. The van der Waals surface area contributed by atoms with E-state index in [-0.39, 0.29) is 17.5 Å². The van der Waals surface area contributed by atoms with Gasteiger partial charge in [-0.25, -0.2) is 8.42 Å². The summed E-state index contributed by atoms with van der Waals surface area (Å²) in [5.74, 6) is 0.416. The van der Waals surface area contributed by atoms with Gasteiger partial charge in [-0.1, -0.05) is 25.1 Å². The average molecular weight is 294 g/mol. The van der Waals surface area contributed by atoms with Crippen LogP contribution in [-0.4, -0.2) is 37.5 Å². The average Bonchev–Trinajstić information content (AvgIpc) is 2.82. The summed E-state index contributed by atoms with van der Waals surface area (Å²) in [6.45, 7) is 4.39. The molecule has 110 valence electrons. The molecule has 0 radical (unpaired) electrons. The minimum absolute atomic E-state index is 0.00911. The van der Waals surface area contributed by atoms with Crippen molar-refractivity contribution in [2.24, 2.45) is 0 Å². The molecule has 0 saturated heterocycles. The van der Waals surface area contributed by atoms with Gasteiger partial charge in [-0.15, -0.1) is 0 Å². The van der Waals surface area contributed by atoms with Gasteiger partial charge in [0.1, 0.15) is 0 Å². The second-order valence-electron chi connectivity index (χ2n) is 5.16. The normalized spacial score (nSPS) is 13.7. The summed E-state index contributed by atoms with van der Waals surface area (Å²) in [6, 6.07) is 8.20. The van der Waals surface area contributed by atoms with Crippen LogP contribution >= 0.6 is 0 Å². The van der Waals surface area contributed by atoms with E-state index in [4.69, 9.17) is 0 Å². The zero-order valence-electron chi connectivity index (χ0n) is 12.0. The van der Waals surface area contributed by atoms with E-state index in [1.165, 1.54) is 10.9 Å². The van der Waals surface area contributed by atoms with Crippen LogP contribution < -0.4 is 5.32 Å². The van der Waals surface area contributed by atoms with Crippen LogP contribution in [0.2, 0.25) is 0 Å². The van der Waals surface area contributed by atoms with E-state index in [2.05, 4.69) is 22.4 Å². The first-order valence-electron chi connectivity index (χ1n) is 7.00. The van der Waals surface area contributed by atoms with E-state index >= 15 is 0 Å². The summed E-state index contributed by atoms with van der Waals surface area (Å²) in [5.41, 5.74) is 2.41. The molecular formula is C15H22N2O2S. The second-order valence-corrected chi connectivity index (χ2v) is 7.56. The van der Waals surface area contributed by atoms with Gasteiger partial charge in [0, 0.05) is 28.9 Å². The van der Waals surface area contributed by atoms with Gasteiger partial charge in [-0.05, 0) is 31.5 Å². The molecule has 0 spiro atoms. The van der Waals surface area contributed by atoms with Gasteiger partial charge in [-0.3, -0.25) is 0 Å². The summed E-state index contributed by atoms with van der Waals surface area (Å²) in [7, 11) is -2.91. The number of sulfone groups is 1. The molecule has 2 rings (SSSR count). The number of aromatic amines is 1. The van der Waals surface area contributed by atoms with Crippen LogP contribution in [0.5, 0.6) is 0 Å². The van der Waals surface area contributed by atoms with Gasteiger partial charge in [-0.2, -0.15) is 0 Å². The topological polar surface area (TPSA) is 62.0 Å². The molecule has 1 unspecified atom stereocenters. The maximum absolute atomic E-state index is 11.5. The zero-order chi connectivity index (χ0) is 14.6. The molecule has 0 aliphatic rings. The van der Waals surface area contributed by atoms with Crippen LogP contribution in [0.1, 0.15) is 19.4 Å². The molecule has 2 N–H and O–H groups in total. The van der Waals surface area contributed by atoms with Crippen molar-refractivity contribution in [3.63, 3.8) is 0 Å². The van der Waals surface area contributed by atoms with Crippen molar-refractivity contribution >= 4 is 20.7 Å². The lowest BCUT2D eigenvalue weighted by Crippen LogP contribution is -2.34. The highest BCUT2D eigenvalue weighted by molar-refractivity contribution is 7.91. The summed E-state index contributed by atoms with van der Waals surface area (Å²) in [6.07, 6.45) is 2.92. The first-order valence-corrected chi connectivity index (χ1v) is 8.83. The lowest BCUT2D eigenvalue weighted by molar-refractivity contribution is 0.559. The number of para-hydroxylation sites is 1. The van der Waals surface area contributed by atoms with E-state index in [1.54, 1.807) is 6.92 Å². The Morgan fingerprint density at radius 3 is 2.80 bits per heavy atom. The number of fused-ring (bicyclic) bond motifs is 1. The Hall–Kier alpha value is -1.33. The Bertz CT molecular complexity index is 661. The number of nitrogens with one attached hydrogen (secondary N) is 2. The van der Waals surface area contributed by atoms with Crippen LogP contribution in [0, 0.1) is 0 Å². The largest absolute Gasteiger partial charge is 0.361 e. The van der Waals surface area contributed by atoms with Crippen molar-refractivity contribution in [2.45, 2.75) is 26.3 Å². The van der Waals surface area contributed by atoms with Gasteiger partial charge in [0.15, 0.2) is 9.84 Å². The lowest BCUT2D eigenvalue weighted by Gasteiger charge is -2.13. The predicted molar refractivity (Wildman–Crippen MR) is 83.8 cm³/mol. The minimum atomic E-state index is -2.91. The summed E-state index contributed by atoms with van der Waals surface area (Å²) in [4.78, 5) is 3.25. The molecule has 1 heterocycles. The van der Waals surface area contributed by atoms with E-state index in [1.807, 2.05) is 25.3 Å². The Balaban J connectivity index is 1.87. The molecule has 5 heteroatoms. The number of H-pyrrole nitrogens is 1. The molecule has 0 aliphatic carbocycles. The van der Waals surface area contributed by atoms with Crippen molar-refractivity contribution in [1.82, 2.24) is 10.3 Å². The number of rotatable bonds is 7. The fourth-order valence-electron chi connectivity index (χ4n) is 2.35. The highest BCUT2D eigenvalue weighted by Crippen LogP contribution is 2.17. The highest BCUT2D eigenvalue weighted by Gasteiger charge is 2.13. The van der Waals surface area contributed by atoms with Crippen molar-refractivity contribution in [1.29, 1.82) is 0 Å². The van der Waals surface area contributed by atoms with Gasteiger partial charge in [0.2, 0.25) is 0 Å². The summed E-state index contributed by atoms with van der Waals surface area (Å²) >= 11 is 0. The second kappa shape index (κ2) is 6.41. The third-order valence-electron chi connectivity index (χ3n) is 3.51. The quantitative estimate of drug-likeness (QED) is 0.822. The number of hydrogen-bond acceptors (Lipinski definition) is 3. The van der Waals surface area contributed by atoms with Crippen LogP contribution in [0.3, 0.4) is 0 Å². The molecule has 0 bridgehead atoms. The SMILES string of the molecule is CCS(=O)(=O)CC(C)NCCc1c[nH]c2ccccc12. The summed E-state index contributed by atoms with van der Waals surface area (Å²) < 4.78 is 23.1. The predicted octanol–water partition coefficient (Wildman–Crippen LogP) is 2.12. The molecule has 2 aromatic rings. The van der Waals surface area contributed by atoms with E-state index in [0.717, 1.165) is 18.5 Å². The summed E-state index contributed by atoms with van der Waals surface area (Å²) in [5, 5.41) is 4.52. The van der Waals surface area contributed by atoms with E-state index in [0.29, 0.717) is 0 Å². The molecule has 0 saturated carbocycles. The van der Waals surface area contributed by atoms with Gasteiger partial charge in [0.05, 0.1) is 5.75 Å². The molecule has 0 fully saturated rings. The molecule has 1 aromatic heterocycles. The molecule has 1 atom stereocenters. The molecule has 1 aromatic carbocycles. The van der Waals surface area contributed by atoms with Crippen LogP contribution in [0.4, 0.5) is 0 Å². The van der Waals surface area contributed by atoms with Crippen LogP contribution in [0.25, 0.3) is 10.9 Å². The Morgan fingerprint density at radius 2 is 2.05 bits per heavy atom. The maximum Gasteiger partial charge on any atom is 0.151 e. The maximum atomic E-state index is 11.5. The molecule has 0 amide bonds. The number of aromatic nitrogens is 1. The Labute approximate surface area is 120 Å². The Morgan fingerprint density at radius 1 is 1.30 bits per heavy atom. The van der Waals surface area contributed by atoms with Crippen molar-refractivity contribution in [3.05, 3.63) is 36.0 Å². The first-order chi connectivity index (χ1) is 9.52. The third kappa shape index (κ3) is 3.84. The fourth-order valence-corrected chi connectivity index (χ4v) is 3.46. The van der Waals surface area contributed by atoms with Gasteiger partial charge >= 0.3 is 0 Å². The fraction of sp³-hybridized carbons (Fsp3) is 0.467. The molecule has 0 aliphatic heterocycles.